The molecule has 1 atom stereocenters. The predicted molar refractivity (Wildman–Crippen MR) is 80.4 cm³/mol. The average molecular weight is 296 g/mol. The summed E-state index contributed by atoms with van der Waals surface area (Å²) in [6, 6.07) is 3.18. The summed E-state index contributed by atoms with van der Waals surface area (Å²) in [5, 5.41) is 0. The molecule has 5 heteroatoms. The number of hydrogen-bond acceptors (Lipinski definition) is 5. The van der Waals surface area contributed by atoms with E-state index in [0.29, 0.717) is 28.7 Å². The van der Waals surface area contributed by atoms with Gasteiger partial charge in [-0.25, -0.2) is 4.79 Å². The van der Waals surface area contributed by atoms with E-state index in [1.165, 1.54) is 21.3 Å². The number of ether oxygens (including phenoxy) is 4. The number of hydrogen-bond donors (Lipinski definition) is 0. The summed E-state index contributed by atoms with van der Waals surface area (Å²) in [5.41, 5.74) is 0.375. The van der Waals surface area contributed by atoms with E-state index in [0.717, 1.165) is 6.42 Å². The zero-order valence-corrected chi connectivity index (χ0v) is 13.6. The van der Waals surface area contributed by atoms with Crippen molar-refractivity contribution in [2.75, 3.05) is 21.3 Å². The Morgan fingerprint density at radius 2 is 1.52 bits per heavy atom. The van der Waals surface area contributed by atoms with Gasteiger partial charge in [0.1, 0.15) is 0 Å². The van der Waals surface area contributed by atoms with Crippen LogP contribution in [0.1, 0.15) is 37.6 Å². The Labute approximate surface area is 126 Å². The number of methoxy groups -OCH3 is 3. The second-order valence-electron chi connectivity index (χ2n) is 5.26. The van der Waals surface area contributed by atoms with E-state index in [-0.39, 0.29) is 6.10 Å². The largest absolute Gasteiger partial charge is 0.493 e. The van der Waals surface area contributed by atoms with E-state index in [2.05, 4.69) is 13.8 Å². The van der Waals surface area contributed by atoms with Crippen molar-refractivity contribution in [3.8, 4) is 17.2 Å². The standard InChI is InChI=1S/C16H24O5/c1-10(2)7-11(3)21-16(17)12-8-13(18-4)15(20-6)14(9-12)19-5/h8-11H,7H2,1-6H3/t11-/m0/s1. The lowest BCUT2D eigenvalue weighted by molar-refractivity contribution is 0.0299. The second-order valence-corrected chi connectivity index (χ2v) is 5.26. The zero-order valence-electron chi connectivity index (χ0n) is 13.6. The van der Waals surface area contributed by atoms with Gasteiger partial charge in [-0.1, -0.05) is 13.8 Å². The van der Waals surface area contributed by atoms with Gasteiger partial charge in [0, 0.05) is 0 Å². The van der Waals surface area contributed by atoms with E-state index in [4.69, 9.17) is 18.9 Å². The minimum Gasteiger partial charge on any atom is -0.493 e. The van der Waals surface area contributed by atoms with Gasteiger partial charge in [-0.05, 0) is 31.4 Å². The normalized spacial score (nSPS) is 12.0. The number of rotatable bonds is 7. The molecule has 0 saturated carbocycles. The highest BCUT2D eigenvalue weighted by Crippen LogP contribution is 2.38. The molecule has 21 heavy (non-hydrogen) atoms. The van der Waals surface area contributed by atoms with Crippen LogP contribution < -0.4 is 14.2 Å². The molecule has 1 rings (SSSR count). The van der Waals surface area contributed by atoms with E-state index in [1.807, 2.05) is 6.92 Å². The van der Waals surface area contributed by atoms with Crippen molar-refractivity contribution in [3.05, 3.63) is 17.7 Å². The van der Waals surface area contributed by atoms with Crippen LogP contribution in [-0.2, 0) is 4.74 Å². The van der Waals surface area contributed by atoms with Crippen molar-refractivity contribution in [2.24, 2.45) is 5.92 Å². The molecule has 0 spiro atoms. The summed E-state index contributed by atoms with van der Waals surface area (Å²) in [6.07, 6.45) is 0.674. The Hall–Kier alpha value is -1.91. The number of esters is 1. The van der Waals surface area contributed by atoms with E-state index >= 15 is 0 Å². The van der Waals surface area contributed by atoms with Gasteiger partial charge >= 0.3 is 5.97 Å². The average Bonchev–Trinajstić information content (AvgIpc) is 2.44. The maximum absolute atomic E-state index is 12.2. The van der Waals surface area contributed by atoms with Crippen LogP contribution in [0.4, 0.5) is 0 Å². The third-order valence-electron chi connectivity index (χ3n) is 3.01. The van der Waals surface area contributed by atoms with Crippen LogP contribution in [0, 0.1) is 5.92 Å². The van der Waals surface area contributed by atoms with E-state index in [9.17, 15) is 4.79 Å². The van der Waals surface area contributed by atoms with E-state index in [1.54, 1.807) is 12.1 Å². The molecule has 118 valence electrons. The first-order valence-corrected chi connectivity index (χ1v) is 6.93. The van der Waals surface area contributed by atoms with Crippen molar-refractivity contribution >= 4 is 5.97 Å². The van der Waals surface area contributed by atoms with Gasteiger partial charge in [-0.2, -0.15) is 0 Å². The predicted octanol–water partition coefficient (Wildman–Crippen LogP) is 3.30. The summed E-state index contributed by atoms with van der Waals surface area (Å²) < 4.78 is 21.1. The molecular formula is C16H24O5. The Morgan fingerprint density at radius 3 is 1.90 bits per heavy atom. The fraction of sp³-hybridized carbons (Fsp3) is 0.562. The van der Waals surface area contributed by atoms with Crippen LogP contribution in [0.2, 0.25) is 0 Å². The summed E-state index contributed by atoms with van der Waals surface area (Å²) in [4.78, 5) is 12.2. The van der Waals surface area contributed by atoms with Crippen molar-refractivity contribution in [3.63, 3.8) is 0 Å². The van der Waals surface area contributed by atoms with Crippen LogP contribution in [0.3, 0.4) is 0 Å². The van der Waals surface area contributed by atoms with Crippen molar-refractivity contribution in [2.45, 2.75) is 33.3 Å². The van der Waals surface area contributed by atoms with Gasteiger partial charge in [0.2, 0.25) is 5.75 Å². The number of carbonyl (C=O) groups excluding carboxylic acids is 1. The fourth-order valence-electron chi connectivity index (χ4n) is 2.16. The van der Waals surface area contributed by atoms with E-state index < -0.39 is 5.97 Å². The smallest absolute Gasteiger partial charge is 0.338 e. The highest BCUT2D eigenvalue weighted by Gasteiger charge is 2.19. The minimum atomic E-state index is -0.401. The molecule has 0 aromatic heterocycles. The summed E-state index contributed by atoms with van der Waals surface area (Å²) >= 11 is 0. The van der Waals surface area contributed by atoms with Crippen molar-refractivity contribution in [1.29, 1.82) is 0 Å². The van der Waals surface area contributed by atoms with Gasteiger partial charge in [0.25, 0.3) is 0 Å². The minimum absolute atomic E-state index is 0.142. The lowest BCUT2D eigenvalue weighted by atomic mass is 10.1. The first kappa shape index (κ1) is 17.1. The monoisotopic (exact) mass is 296 g/mol. The summed E-state index contributed by atoms with van der Waals surface area (Å²) in [6.45, 7) is 6.06. The first-order chi connectivity index (χ1) is 9.92. The second kappa shape index (κ2) is 7.76. The Bertz CT molecular complexity index is 457. The summed E-state index contributed by atoms with van der Waals surface area (Å²) in [5.74, 6) is 1.38. The highest BCUT2D eigenvalue weighted by atomic mass is 16.5. The Morgan fingerprint density at radius 1 is 1.00 bits per heavy atom. The quantitative estimate of drug-likeness (QED) is 0.723. The van der Waals surface area contributed by atoms with Crippen LogP contribution in [0.5, 0.6) is 17.2 Å². The van der Waals surface area contributed by atoms with Crippen molar-refractivity contribution < 1.29 is 23.7 Å². The molecule has 1 aromatic rings. The molecule has 0 saturated heterocycles. The Balaban J connectivity index is 2.99. The van der Waals surface area contributed by atoms with Crippen LogP contribution in [0.25, 0.3) is 0 Å². The Kier molecular flexibility index (Phi) is 6.34. The zero-order chi connectivity index (χ0) is 16.0. The molecule has 1 aromatic carbocycles. The third-order valence-corrected chi connectivity index (χ3v) is 3.01. The molecule has 5 nitrogen and oxygen atoms in total. The van der Waals surface area contributed by atoms with Gasteiger partial charge in [-0.3, -0.25) is 0 Å². The fourth-order valence-corrected chi connectivity index (χ4v) is 2.16. The molecule has 0 unspecified atom stereocenters. The molecule has 0 aliphatic carbocycles. The molecule has 0 bridgehead atoms. The topological polar surface area (TPSA) is 54.0 Å². The maximum atomic E-state index is 12.2. The van der Waals surface area contributed by atoms with Crippen molar-refractivity contribution in [1.82, 2.24) is 0 Å². The van der Waals surface area contributed by atoms with Crippen LogP contribution >= 0.6 is 0 Å². The lowest BCUT2D eigenvalue weighted by Crippen LogP contribution is -2.17. The van der Waals surface area contributed by atoms with Gasteiger partial charge in [-0.15, -0.1) is 0 Å². The molecule has 0 amide bonds. The molecule has 0 fully saturated rings. The van der Waals surface area contributed by atoms with Gasteiger partial charge in [0.05, 0.1) is 33.0 Å². The van der Waals surface area contributed by atoms with Gasteiger partial charge < -0.3 is 18.9 Å². The maximum Gasteiger partial charge on any atom is 0.338 e. The molecule has 0 aliphatic heterocycles. The molecule has 0 aliphatic rings. The van der Waals surface area contributed by atoms with Crippen LogP contribution in [-0.4, -0.2) is 33.4 Å². The lowest BCUT2D eigenvalue weighted by Gasteiger charge is -2.17. The molecule has 0 radical (unpaired) electrons. The number of carbonyl (C=O) groups is 1. The molecule has 0 heterocycles. The molecule has 0 N–H and O–H groups in total. The third kappa shape index (κ3) is 4.55. The highest BCUT2D eigenvalue weighted by molar-refractivity contribution is 5.91. The molecular weight excluding hydrogens is 272 g/mol. The van der Waals surface area contributed by atoms with Crippen LogP contribution in [0.15, 0.2) is 12.1 Å². The SMILES string of the molecule is COc1cc(C(=O)O[C@@H](C)CC(C)C)cc(OC)c1OC. The van der Waals surface area contributed by atoms with Gasteiger partial charge in [0.15, 0.2) is 11.5 Å². The number of benzene rings is 1. The first-order valence-electron chi connectivity index (χ1n) is 6.93. The summed E-state index contributed by atoms with van der Waals surface area (Å²) in [7, 11) is 4.53.